The van der Waals surface area contributed by atoms with Gasteiger partial charge in [-0.1, -0.05) is 0 Å². The van der Waals surface area contributed by atoms with Crippen LogP contribution in [0.5, 0.6) is 0 Å². The second kappa shape index (κ2) is 4.67. The van der Waals surface area contributed by atoms with E-state index in [1.807, 2.05) is 13.8 Å². The van der Waals surface area contributed by atoms with Crippen molar-refractivity contribution >= 4 is 11.5 Å². The van der Waals surface area contributed by atoms with E-state index in [4.69, 9.17) is 4.74 Å². The monoisotopic (exact) mass is 237 g/mol. The fourth-order valence-electron chi connectivity index (χ4n) is 1.79. The first-order valence-electron chi connectivity index (χ1n) is 5.57. The third-order valence-electron chi connectivity index (χ3n) is 2.60. The van der Waals surface area contributed by atoms with Gasteiger partial charge in [0.1, 0.15) is 0 Å². The summed E-state index contributed by atoms with van der Waals surface area (Å²) in [6, 6.07) is 3.14. The summed E-state index contributed by atoms with van der Waals surface area (Å²) in [7, 11) is 0. The molecule has 6 heteroatoms. The van der Waals surface area contributed by atoms with Crippen LogP contribution in [-0.4, -0.2) is 35.2 Å². The zero-order chi connectivity index (χ0) is 12.4. The Morgan fingerprint density at radius 1 is 1.53 bits per heavy atom. The summed E-state index contributed by atoms with van der Waals surface area (Å²) in [5.41, 5.74) is 0.902. The maximum Gasteiger partial charge on any atom is 0.363 e. The number of ether oxygens (including phenoxy) is 1. The molecule has 0 amide bonds. The van der Waals surface area contributed by atoms with Crippen LogP contribution in [0, 0.1) is 10.1 Å². The highest BCUT2D eigenvalue weighted by molar-refractivity contribution is 5.49. The normalized spacial score (nSPS) is 16.1. The number of rotatable bonds is 4. The predicted octanol–water partition coefficient (Wildman–Crippen LogP) is 1.60. The molecule has 0 atom stereocenters. The highest BCUT2D eigenvalue weighted by Crippen LogP contribution is 2.23. The molecule has 1 aliphatic rings. The molecule has 0 aromatic carbocycles. The summed E-state index contributed by atoms with van der Waals surface area (Å²) in [5.74, 6) is -0.121. The minimum absolute atomic E-state index is 0.121. The molecule has 0 radical (unpaired) electrons. The van der Waals surface area contributed by atoms with E-state index in [0.717, 1.165) is 18.8 Å². The smallest absolute Gasteiger partial charge is 0.363 e. The van der Waals surface area contributed by atoms with Crippen LogP contribution >= 0.6 is 0 Å². The summed E-state index contributed by atoms with van der Waals surface area (Å²) in [6.45, 7) is 5.65. The molecule has 0 N–H and O–H groups in total. The van der Waals surface area contributed by atoms with Crippen LogP contribution < -0.4 is 4.90 Å². The van der Waals surface area contributed by atoms with Gasteiger partial charge in [0.05, 0.1) is 17.9 Å². The van der Waals surface area contributed by atoms with Crippen molar-refractivity contribution in [2.24, 2.45) is 0 Å². The van der Waals surface area contributed by atoms with Gasteiger partial charge in [0, 0.05) is 19.2 Å². The van der Waals surface area contributed by atoms with Crippen molar-refractivity contribution in [3.63, 3.8) is 0 Å². The molecule has 0 unspecified atom stereocenters. The number of hydrogen-bond donors (Lipinski definition) is 0. The van der Waals surface area contributed by atoms with Crippen LogP contribution in [0.2, 0.25) is 0 Å². The molecule has 1 aromatic heterocycles. The Morgan fingerprint density at radius 2 is 2.24 bits per heavy atom. The molecular weight excluding hydrogens is 222 g/mol. The summed E-state index contributed by atoms with van der Waals surface area (Å²) in [5, 5.41) is 10.4. The number of aromatic nitrogens is 1. The second-order valence-electron chi connectivity index (χ2n) is 4.34. The molecule has 17 heavy (non-hydrogen) atoms. The number of hydrogen-bond acceptors (Lipinski definition) is 5. The lowest BCUT2D eigenvalue weighted by atomic mass is 10.1. The minimum atomic E-state index is -0.495. The van der Waals surface area contributed by atoms with Crippen molar-refractivity contribution in [3.8, 4) is 0 Å². The van der Waals surface area contributed by atoms with Crippen molar-refractivity contribution in [2.75, 3.05) is 18.0 Å². The van der Waals surface area contributed by atoms with E-state index in [1.165, 1.54) is 12.3 Å². The second-order valence-corrected chi connectivity index (χ2v) is 4.34. The van der Waals surface area contributed by atoms with Crippen molar-refractivity contribution < 1.29 is 9.66 Å². The highest BCUT2D eigenvalue weighted by Gasteiger charge is 2.29. The molecule has 92 valence electrons. The van der Waals surface area contributed by atoms with Crippen LogP contribution in [0.3, 0.4) is 0 Å². The largest absolute Gasteiger partial charge is 0.372 e. The summed E-state index contributed by atoms with van der Waals surface area (Å²) in [6.07, 6.45) is 2.02. The number of nitro groups is 1. The Kier molecular flexibility index (Phi) is 3.23. The zero-order valence-corrected chi connectivity index (χ0v) is 9.87. The van der Waals surface area contributed by atoms with E-state index < -0.39 is 4.92 Å². The molecule has 0 spiro atoms. The molecule has 1 saturated heterocycles. The van der Waals surface area contributed by atoms with Gasteiger partial charge in [-0.3, -0.25) is 0 Å². The van der Waals surface area contributed by atoms with E-state index in [9.17, 15) is 10.1 Å². The third-order valence-corrected chi connectivity index (χ3v) is 2.60. The van der Waals surface area contributed by atoms with Crippen molar-refractivity contribution in [3.05, 3.63) is 28.4 Å². The van der Waals surface area contributed by atoms with Crippen LogP contribution in [0.1, 0.15) is 13.8 Å². The molecule has 0 bridgehead atoms. The van der Waals surface area contributed by atoms with Crippen molar-refractivity contribution in [1.82, 2.24) is 4.98 Å². The van der Waals surface area contributed by atoms with Crippen LogP contribution in [0.25, 0.3) is 0 Å². The van der Waals surface area contributed by atoms with Gasteiger partial charge in [0.15, 0.2) is 6.20 Å². The Hall–Kier alpha value is -1.69. The molecule has 2 heterocycles. The molecule has 0 saturated carbocycles. The predicted molar refractivity (Wildman–Crippen MR) is 63.1 cm³/mol. The van der Waals surface area contributed by atoms with Crippen LogP contribution in [-0.2, 0) is 4.74 Å². The third kappa shape index (κ3) is 2.71. The van der Waals surface area contributed by atoms with Gasteiger partial charge >= 0.3 is 5.82 Å². The average Bonchev–Trinajstić information content (AvgIpc) is 2.23. The molecule has 6 nitrogen and oxygen atoms in total. The fraction of sp³-hybridized carbons (Fsp3) is 0.545. The summed E-state index contributed by atoms with van der Waals surface area (Å²) in [4.78, 5) is 15.8. The summed E-state index contributed by atoms with van der Waals surface area (Å²) < 4.78 is 5.63. The highest BCUT2D eigenvalue weighted by atomic mass is 16.6. The van der Waals surface area contributed by atoms with Crippen LogP contribution in [0.4, 0.5) is 11.5 Å². The first kappa shape index (κ1) is 11.8. The maximum absolute atomic E-state index is 10.4. The first-order valence-corrected chi connectivity index (χ1v) is 5.57. The Bertz CT molecular complexity index is 399. The minimum Gasteiger partial charge on any atom is -0.372 e. The lowest BCUT2D eigenvalue weighted by Gasteiger charge is -2.40. The Balaban J connectivity index is 1.91. The standard InChI is InChI=1S/C11H15N3O3/c1-8(2)17-10-6-13(7-10)9-3-4-11(12-5-9)14(15)16/h3-5,8,10H,6-7H2,1-2H3. The van der Waals surface area contributed by atoms with E-state index in [2.05, 4.69) is 9.88 Å². The number of pyridine rings is 1. The SMILES string of the molecule is CC(C)OC1CN(c2ccc([N+](=O)[O-])nc2)C1. The fourth-order valence-corrected chi connectivity index (χ4v) is 1.79. The molecule has 2 rings (SSSR count). The van der Waals surface area contributed by atoms with Gasteiger partial charge in [-0.05, 0) is 29.8 Å². The van der Waals surface area contributed by atoms with Gasteiger partial charge in [0.25, 0.3) is 0 Å². The first-order chi connectivity index (χ1) is 8.06. The Morgan fingerprint density at radius 3 is 2.71 bits per heavy atom. The lowest BCUT2D eigenvalue weighted by molar-refractivity contribution is -0.389. The Labute approximate surface area is 99.4 Å². The summed E-state index contributed by atoms with van der Waals surface area (Å²) >= 11 is 0. The van der Waals surface area contributed by atoms with E-state index in [-0.39, 0.29) is 18.0 Å². The van der Waals surface area contributed by atoms with Gasteiger partial charge in [-0.15, -0.1) is 0 Å². The quantitative estimate of drug-likeness (QED) is 0.587. The number of anilines is 1. The maximum atomic E-state index is 10.4. The van der Waals surface area contributed by atoms with E-state index in [0.29, 0.717) is 0 Å². The van der Waals surface area contributed by atoms with Gasteiger partial charge in [-0.25, -0.2) is 0 Å². The molecule has 1 aromatic rings. The van der Waals surface area contributed by atoms with Crippen LogP contribution in [0.15, 0.2) is 18.3 Å². The molecular formula is C11H15N3O3. The van der Waals surface area contributed by atoms with E-state index >= 15 is 0 Å². The topological polar surface area (TPSA) is 68.5 Å². The molecule has 0 aliphatic carbocycles. The average molecular weight is 237 g/mol. The van der Waals surface area contributed by atoms with Gasteiger partial charge in [-0.2, -0.15) is 0 Å². The van der Waals surface area contributed by atoms with Crippen molar-refractivity contribution in [1.29, 1.82) is 0 Å². The van der Waals surface area contributed by atoms with Gasteiger partial charge in [0.2, 0.25) is 0 Å². The van der Waals surface area contributed by atoms with Crippen molar-refractivity contribution in [2.45, 2.75) is 26.1 Å². The van der Waals surface area contributed by atoms with Gasteiger partial charge < -0.3 is 19.8 Å². The van der Waals surface area contributed by atoms with E-state index in [1.54, 1.807) is 6.07 Å². The molecule has 1 aliphatic heterocycles. The zero-order valence-electron chi connectivity index (χ0n) is 9.87. The lowest BCUT2D eigenvalue weighted by Crippen LogP contribution is -2.53. The molecule has 1 fully saturated rings. The number of nitrogens with zero attached hydrogens (tertiary/aromatic N) is 3.